The molecule has 2 unspecified atom stereocenters. The molecule has 218 valence electrons. The van der Waals surface area contributed by atoms with Crippen LogP contribution >= 0.6 is 0 Å². The molecule has 4 aliphatic heterocycles. The molecule has 1 aromatic heterocycles. The van der Waals surface area contributed by atoms with Crippen molar-refractivity contribution in [2.75, 3.05) is 37.7 Å². The molecule has 4 aromatic rings. The second-order valence-electron chi connectivity index (χ2n) is 12.8. The number of piperazine rings is 1. The van der Waals surface area contributed by atoms with Crippen molar-refractivity contribution in [3.05, 3.63) is 53.8 Å². The SMILES string of the molecule is CCc1cccc2cc(O)cc(-c3ccc4c(N5CC6CCC(C5)N6)nc(OCC56CCCN5CCC6)nc4c3F)c12. The number of phenols is 1. The summed E-state index contributed by atoms with van der Waals surface area (Å²) in [7, 11) is 0. The summed E-state index contributed by atoms with van der Waals surface area (Å²) in [6.45, 7) is 6.53. The minimum absolute atomic E-state index is 0.0457. The van der Waals surface area contributed by atoms with Gasteiger partial charge < -0.3 is 20.1 Å². The molecule has 4 aliphatic rings. The van der Waals surface area contributed by atoms with E-state index in [4.69, 9.17) is 14.7 Å². The number of nitrogens with one attached hydrogen (secondary N) is 1. The van der Waals surface area contributed by atoms with E-state index in [1.54, 1.807) is 12.1 Å². The van der Waals surface area contributed by atoms with Crippen LogP contribution in [0.4, 0.5) is 10.2 Å². The van der Waals surface area contributed by atoms with E-state index in [1.807, 2.05) is 24.3 Å². The molecule has 2 bridgehead atoms. The lowest BCUT2D eigenvalue weighted by Crippen LogP contribution is -2.51. The van der Waals surface area contributed by atoms with E-state index < -0.39 is 5.82 Å². The highest BCUT2D eigenvalue weighted by atomic mass is 19.1. The van der Waals surface area contributed by atoms with Crippen molar-refractivity contribution >= 4 is 27.5 Å². The van der Waals surface area contributed by atoms with Crippen molar-refractivity contribution in [1.29, 1.82) is 0 Å². The van der Waals surface area contributed by atoms with Gasteiger partial charge in [-0.3, -0.25) is 4.90 Å². The maximum atomic E-state index is 16.8. The van der Waals surface area contributed by atoms with Gasteiger partial charge in [0.05, 0.1) is 5.54 Å². The number of fused-ring (bicyclic) bond motifs is 5. The fourth-order valence-electron chi connectivity index (χ4n) is 8.27. The van der Waals surface area contributed by atoms with Crippen molar-refractivity contribution < 1.29 is 14.2 Å². The molecule has 2 N–H and O–H groups in total. The van der Waals surface area contributed by atoms with Gasteiger partial charge in [-0.1, -0.05) is 31.2 Å². The summed E-state index contributed by atoms with van der Waals surface area (Å²) in [5, 5.41) is 16.9. The summed E-state index contributed by atoms with van der Waals surface area (Å²) in [4.78, 5) is 14.6. The van der Waals surface area contributed by atoms with Gasteiger partial charge in [0.25, 0.3) is 0 Å². The average molecular weight is 568 g/mol. The van der Waals surface area contributed by atoms with Gasteiger partial charge in [-0.2, -0.15) is 9.97 Å². The van der Waals surface area contributed by atoms with Gasteiger partial charge >= 0.3 is 6.01 Å². The number of ether oxygens (including phenoxy) is 1. The Kier molecular flexibility index (Phi) is 6.26. The monoisotopic (exact) mass is 567 g/mol. The smallest absolute Gasteiger partial charge is 0.319 e. The number of nitrogens with zero attached hydrogens (tertiary/aromatic N) is 4. The number of phenolic OH excluding ortho intramolecular Hbond substituents is 1. The minimum Gasteiger partial charge on any atom is -0.508 e. The molecule has 0 aliphatic carbocycles. The third-order valence-electron chi connectivity index (χ3n) is 10.3. The molecular formula is C34H38FN5O2. The molecule has 0 saturated carbocycles. The van der Waals surface area contributed by atoms with Crippen LogP contribution < -0.4 is 15.0 Å². The standard InChI is InChI=1S/C34H38FN5O2/c1-2-21-6-3-7-22-16-25(41)17-28(29(21)22)26-10-11-27-31(30(26)35)37-33(42-20-34-12-4-14-40(34)15-5-13-34)38-32(27)39-18-23-8-9-24(19-39)36-23/h3,6-7,10-11,16-17,23-24,36,41H,2,4-5,8-9,12-15,18-20H2,1H3. The summed E-state index contributed by atoms with van der Waals surface area (Å²) in [5.74, 6) is 0.463. The topological polar surface area (TPSA) is 73.8 Å². The Morgan fingerprint density at radius 1 is 1.02 bits per heavy atom. The molecular weight excluding hydrogens is 529 g/mol. The van der Waals surface area contributed by atoms with Crippen molar-refractivity contribution in [3.8, 4) is 22.9 Å². The Bertz CT molecular complexity index is 1670. The van der Waals surface area contributed by atoms with Crippen molar-refractivity contribution in [3.63, 3.8) is 0 Å². The molecule has 42 heavy (non-hydrogen) atoms. The van der Waals surface area contributed by atoms with Crippen LogP contribution in [-0.2, 0) is 6.42 Å². The predicted octanol–water partition coefficient (Wildman–Crippen LogP) is 5.80. The molecule has 2 atom stereocenters. The molecule has 0 amide bonds. The predicted molar refractivity (Wildman–Crippen MR) is 164 cm³/mol. The van der Waals surface area contributed by atoms with Crippen LogP contribution in [0.25, 0.3) is 32.8 Å². The van der Waals surface area contributed by atoms with Crippen molar-refractivity contribution in [2.24, 2.45) is 0 Å². The third kappa shape index (κ3) is 4.21. The number of hydrogen-bond donors (Lipinski definition) is 2. The van der Waals surface area contributed by atoms with E-state index in [0.717, 1.165) is 80.4 Å². The zero-order chi connectivity index (χ0) is 28.4. The van der Waals surface area contributed by atoms with E-state index in [2.05, 4.69) is 28.1 Å². The number of aromatic nitrogens is 2. The van der Waals surface area contributed by atoms with Crippen molar-refractivity contribution in [2.45, 2.75) is 69.5 Å². The number of benzene rings is 3. The van der Waals surface area contributed by atoms with Gasteiger partial charge in [-0.15, -0.1) is 0 Å². The first-order valence-electron chi connectivity index (χ1n) is 15.7. The second-order valence-corrected chi connectivity index (χ2v) is 12.8. The lowest BCUT2D eigenvalue weighted by molar-refractivity contribution is 0.108. The largest absolute Gasteiger partial charge is 0.508 e. The van der Waals surface area contributed by atoms with Crippen LogP contribution in [0.3, 0.4) is 0 Å². The first-order chi connectivity index (χ1) is 20.5. The van der Waals surface area contributed by atoms with E-state index in [1.165, 1.54) is 12.8 Å². The quantitative estimate of drug-likeness (QED) is 0.305. The van der Waals surface area contributed by atoms with Gasteiger partial charge in [0.15, 0.2) is 5.82 Å². The van der Waals surface area contributed by atoms with E-state index in [0.29, 0.717) is 35.2 Å². The molecule has 4 fully saturated rings. The maximum absolute atomic E-state index is 16.8. The Balaban J connectivity index is 1.27. The molecule has 7 nitrogen and oxygen atoms in total. The second kappa shape index (κ2) is 10.1. The number of rotatable bonds is 6. The third-order valence-corrected chi connectivity index (χ3v) is 10.3. The summed E-state index contributed by atoms with van der Waals surface area (Å²) < 4.78 is 23.2. The van der Waals surface area contributed by atoms with Crippen LogP contribution in [0, 0.1) is 5.82 Å². The normalized spacial score (nSPS) is 23.2. The molecule has 5 heterocycles. The summed E-state index contributed by atoms with van der Waals surface area (Å²) in [6, 6.07) is 14.3. The highest BCUT2D eigenvalue weighted by Crippen LogP contribution is 2.42. The number of aryl methyl sites for hydroxylation is 1. The lowest BCUT2D eigenvalue weighted by atomic mass is 9.92. The number of aromatic hydroxyl groups is 1. The molecule has 0 radical (unpaired) electrons. The highest BCUT2D eigenvalue weighted by molar-refractivity contribution is 6.03. The zero-order valence-electron chi connectivity index (χ0n) is 24.2. The van der Waals surface area contributed by atoms with Gasteiger partial charge in [0, 0.05) is 36.1 Å². The van der Waals surface area contributed by atoms with Gasteiger partial charge in [0.2, 0.25) is 0 Å². The number of halogens is 1. The molecule has 0 spiro atoms. The lowest BCUT2D eigenvalue weighted by Gasteiger charge is -2.34. The fourth-order valence-corrected chi connectivity index (χ4v) is 8.27. The van der Waals surface area contributed by atoms with E-state index in [-0.39, 0.29) is 22.8 Å². The Labute approximate surface area is 245 Å². The van der Waals surface area contributed by atoms with Crippen LogP contribution in [0.2, 0.25) is 0 Å². The summed E-state index contributed by atoms with van der Waals surface area (Å²) in [6.07, 6.45) is 7.72. The number of hydrogen-bond acceptors (Lipinski definition) is 7. The van der Waals surface area contributed by atoms with E-state index >= 15 is 4.39 Å². The van der Waals surface area contributed by atoms with Gasteiger partial charge in [-0.05, 0) is 98.1 Å². The van der Waals surface area contributed by atoms with Crippen LogP contribution in [-0.4, -0.2) is 70.4 Å². The Morgan fingerprint density at radius 2 is 1.81 bits per heavy atom. The first kappa shape index (κ1) is 26.2. The molecule has 4 saturated heterocycles. The summed E-state index contributed by atoms with van der Waals surface area (Å²) in [5.41, 5.74) is 2.54. The molecule has 8 rings (SSSR count). The summed E-state index contributed by atoms with van der Waals surface area (Å²) >= 11 is 0. The van der Waals surface area contributed by atoms with Gasteiger partial charge in [-0.25, -0.2) is 4.39 Å². The first-order valence-corrected chi connectivity index (χ1v) is 15.7. The molecule has 3 aromatic carbocycles. The van der Waals surface area contributed by atoms with E-state index in [9.17, 15) is 5.11 Å². The van der Waals surface area contributed by atoms with Crippen LogP contribution in [0.1, 0.15) is 51.0 Å². The minimum atomic E-state index is -0.404. The zero-order valence-corrected chi connectivity index (χ0v) is 24.2. The van der Waals surface area contributed by atoms with Crippen LogP contribution in [0.5, 0.6) is 11.8 Å². The number of anilines is 1. The Morgan fingerprint density at radius 3 is 2.57 bits per heavy atom. The van der Waals surface area contributed by atoms with Crippen molar-refractivity contribution in [1.82, 2.24) is 20.2 Å². The van der Waals surface area contributed by atoms with Gasteiger partial charge in [0.1, 0.15) is 23.7 Å². The van der Waals surface area contributed by atoms with Crippen LogP contribution in [0.15, 0.2) is 42.5 Å². The Hall–Kier alpha value is -3.49. The maximum Gasteiger partial charge on any atom is 0.319 e. The molecule has 8 heteroatoms. The average Bonchev–Trinajstić information content (AvgIpc) is 3.68. The fraction of sp³-hybridized carbons (Fsp3) is 0.471. The highest BCUT2D eigenvalue weighted by Gasteiger charge is 2.45.